The first-order valence-corrected chi connectivity index (χ1v) is 12.7. The average molecular weight is 502 g/mol. The molecule has 0 saturated carbocycles. The number of benzene rings is 4. The molecule has 5 aromatic rings. The van der Waals surface area contributed by atoms with E-state index in [1.54, 1.807) is 66.7 Å². The first-order valence-electron chi connectivity index (χ1n) is 10.9. The molecule has 0 atom stereocenters. The summed E-state index contributed by atoms with van der Waals surface area (Å²) < 4.78 is 34.4. The minimum Gasteiger partial charge on any atom is -0.489 e. The Bertz CT molecular complexity index is 1610. The van der Waals surface area contributed by atoms with E-state index in [-0.39, 0.29) is 10.6 Å². The van der Waals surface area contributed by atoms with Gasteiger partial charge in [0.1, 0.15) is 18.1 Å². The maximum absolute atomic E-state index is 13.7. The number of hydrogen-bond acceptors (Lipinski definition) is 4. The van der Waals surface area contributed by atoms with E-state index in [4.69, 9.17) is 16.3 Å². The van der Waals surface area contributed by atoms with E-state index in [1.807, 2.05) is 30.3 Å². The number of ketones is 1. The Morgan fingerprint density at radius 1 is 0.800 bits per heavy atom. The highest BCUT2D eigenvalue weighted by Gasteiger charge is 2.27. The number of halogens is 1. The summed E-state index contributed by atoms with van der Waals surface area (Å²) in [5, 5.41) is 1.06. The second-order valence-corrected chi connectivity index (χ2v) is 10.2. The van der Waals surface area contributed by atoms with Gasteiger partial charge in [-0.2, -0.15) is 0 Å². The summed E-state index contributed by atoms with van der Waals surface area (Å²) in [5.74, 6) is 0.144. The van der Waals surface area contributed by atoms with Crippen LogP contribution in [0.2, 0.25) is 5.02 Å². The first-order chi connectivity index (χ1) is 16.9. The quantitative estimate of drug-likeness (QED) is 0.244. The van der Waals surface area contributed by atoms with Gasteiger partial charge in [0.2, 0.25) is 5.78 Å². The molecule has 0 bridgehead atoms. The summed E-state index contributed by atoms with van der Waals surface area (Å²) >= 11 is 5.98. The highest BCUT2D eigenvalue weighted by atomic mass is 35.5. The topological polar surface area (TPSA) is 65.4 Å². The van der Waals surface area contributed by atoms with Crippen molar-refractivity contribution >= 4 is 38.3 Å². The molecule has 0 aliphatic rings. The minimum absolute atomic E-state index is 0.0337. The van der Waals surface area contributed by atoms with Crippen LogP contribution in [0.4, 0.5) is 0 Å². The van der Waals surface area contributed by atoms with Crippen LogP contribution in [-0.4, -0.2) is 18.2 Å². The number of nitrogens with zero attached hydrogens (tertiary/aromatic N) is 1. The van der Waals surface area contributed by atoms with Crippen LogP contribution in [0.1, 0.15) is 21.6 Å². The molecule has 0 spiro atoms. The number of hydrogen-bond donors (Lipinski definition) is 0. The van der Waals surface area contributed by atoms with Crippen LogP contribution in [0.3, 0.4) is 0 Å². The predicted octanol–water partition coefficient (Wildman–Crippen LogP) is 6.34. The number of ether oxygens (including phenoxy) is 1. The Hall–Kier alpha value is -3.87. The SMILES string of the molecule is O=C(c1ccc(Cl)cc1)c1cc2cc(OCc3ccccc3)ccc2n1S(=O)(=O)c1ccccc1. The second kappa shape index (κ2) is 9.41. The summed E-state index contributed by atoms with van der Waals surface area (Å²) in [7, 11) is -4.05. The Morgan fingerprint density at radius 2 is 1.46 bits per heavy atom. The van der Waals surface area contributed by atoms with Crippen molar-refractivity contribution in [2.24, 2.45) is 0 Å². The molecule has 174 valence electrons. The average Bonchev–Trinajstić information content (AvgIpc) is 3.28. The van der Waals surface area contributed by atoms with Gasteiger partial charge in [-0.05, 0) is 66.2 Å². The van der Waals surface area contributed by atoms with E-state index in [0.29, 0.717) is 33.8 Å². The molecule has 0 radical (unpaired) electrons. The highest BCUT2D eigenvalue weighted by molar-refractivity contribution is 7.90. The monoisotopic (exact) mass is 501 g/mol. The van der Waals surface area contributed by atoms with E-state index in [0.717, 1.165) is 9.54 Å². The molecule has 1 heterocycles. The summed E-state index contributed by atoms with van der Waals surface area (Å²) in [6.45, 7) is 0.367. The molecule has 0 unspecified atom stereocenters. The lowest BCUT2D eigenvalue weighted by atomic mass is 10.1. The Balaban J connectivity index is 1.62. The maximum Gasteiger partial charge on any atom is 0.268 e. The largest absolute Gasteiger partial charge is 0.489 e. The van der Waals surface area contributed by atoms with Gasteiger partial charge in [0, 0.05) is 16.0 Å². The lowest BCUT2D eigenvalue weighted by Crippen LogP contribution is -2.19. The number of fused-ring (bicyclic) bond motifs is 1. The third kappa shape index (κ3) is 4.58. The normalized spacial score (nSPS) is 11.5. The van der Waals surface area contributed by atoms with Crippen molar-refractivity contribution in [2.45, 2.75) is 11.5 Å². The van der Waals surface area contributed by atoms with Gasteiger partial charge in [0.05, 0.1) is 10.4 Å². The van der Waals surface area contributed by atoms with Crippen molar-refractivity contribution in [2.75, 3.05) is 0 Å². The fraction of sp³-hybridized carbons (Fsp3) is 0.0357. The van der Waals surface area contributed by atoms with Gasteiger partial charge in [-0.1, -0.05) is 60.1 Å². The number of rotatable bonds is 7. The standard InChI is InChI=1S/C28H20ClNO4S/c29-23-13-11-21(12-14-23)28(31)27-18-22-17-24(34-19-20-7-3-1-4-8-20)15-16-26(22)30(27)35(32,33)25-9-5-2-6-10-25/h1-18H,19H2. The van der Waals surface area contributed by atoms with Crippen molar-refractivity contribution in [3.63, 3.8) is 0 Å². The summed E-state index contributed by atoms with van der Waals surface area (Å²) in [6, 6.07) is 30.8. The van der Waals surface area contributed by atoms with E-state index in [1.165, 1.54) is 12.1 Å². The van der Waals surface area contributed by atoms with E-state index in [9.17, 15) is 13.2 Å². The zero-order chi connectivity index (χ0) is 24.4. The molecule has 35 heavy (non-hydrogen) atoms. The second-order valence-electron chi connectivity index (χ2n) is 7.94. The number of carbonyl (C=O) groups is 1. The molecule has 0 aliphatic carbocycles. The smallest absolute Gasteiger partial charge is 0.268 e. The van der Waals surface area contributed by atoms with Gasteiger partial charge in [0.15, 0.2) is 0 Å². The van der Waals surface area contributed by atoms with E-state index in [2.05, 4.69) is 0 Å². The lowest BCUT2D eigenvalue weighted by Gasteiger charge is -2.12. The van der Waals surface area contributed by atoms with Gasteiger partial charge in [-0.15, -0.1) is 0 Å². The van der Waals surface area contributed by atoms with Crippen LogP contribution in [-0.2, 0) is 16.6 Å². The van der Waals surface area contributed by atoms with Crippen LogP contribution in [0.25, 0.3) is 10.9 Å². The molecule has 0 N–H and O–H groups in total. The first kappa shape index (κ1) is 22.9. The van der Waals surface area contributed by atoms with Gasteiger partial charge in [-0.25, -0.2) is 12.4 Å². The third-order valence-corrected chi connectivity index (χ3v) is 7.59. The fourth-order valence-electron chi connectivity index (χ4n) is 3.86. The molecular weight excluding hydrogens is 482 g/mol. The van der Waals surface area contributed by atoms with Gasteiger partial charge in [0.25, 0.3) is 10.0 Å². The minimum atomic E-state index is -4.05. The molecule has 0 fully saturated rings. The zero-order valence-electron chi connectivity index (χ0n) is 18.5. The summed E-state index contributed by atoms with van der Waals surface area (Å²) in [5.41, 5.74) is 1.77. The van der Waals surface area contributed by atoms with Crippen molar-refractivity contribution in [3.05, 3.63) is 131 Å². The van der Waals surface area contributed by atoms with Crippen LogP contribution in [0, 0.1) is 0 Å². The van der Waals surface area contributed by atoms with Crippen molar-refractivity contribution in [1.82, 2.24) is 3.97 Å². The molecule has 7 heteroatoms. The predicted molar refractivity (Wildman–Crippen MR) is 137 cm³/mol. The Kier molecular flexibility index (Phi) is 6.16. The molecule has 0 saturated heterocycles. The number of carbonyl (C=O) groups excluding carboxylic acids is 1. The van der Waals surface area contributed by atoms with Crippen molar-refractivity contribution in [1.29, 1.82) is 0 Å². The van der Waals surface area contributed by atoms with E-state index < -0.39 is 15.8 Å². The maximum atomic E-state index is 13.7. The van der Waals surface area contributed by atoms with E-state index >= 15 is 0 Å². The molecular formula is C28H20ClNO4S. The van der Waals surface area contributed by atoms with Crippen molar-refractivity contribution in [3.8, 4) is 5.75 Å². The van der Waals surface area contributed by atoms with Gasteiger partial charge < -0.3 is 4.74 Å². The highest BCUT2D eigenvalue weighted by Crippen LogP contribution is 2.30. The summed E-state index contributed by atoms with van der Waals surface area (Å²) in [6.07, 6.45) is 0. The van der Waals surface area contributed by atoms with Crippen LogP contribution in [0.15, 0.2) is 114 Å². The molecule has 0 amide bonds. The molecule has 4 aromatic carbocycles. The lowest BCUT2D eigenvalue weighted by molar-refractivity contribution is 0.103. The van der Waals surface area contributed by atoms with Gasteiger partial charge >= 0.3 is 0 Å². The molecule has 1 aromatic heterocycles. The van der Waals surface area contributed by atoms with Crippen LogP contribution in [0.5, 0.6) is 5.75 Å². The molecule has 5 rings (SSSR count). The van der Waals surface area contributed by atoms with Crippen molar-refractivity contribution < 1.29 is 17.9 Å². The Morgan fingerprint density at radius 3 is 2.14 bits per heavy atom. The fourth-order valence-corrected chi connectivity index (χ4v) is 5.52. The molecule has 5 nitrogen and oxygen atoms in total. The van der Waals surface area contributed by atoms with Gasteiger partial charge in [-0.3, -0.25) is 4.79 Å². The number of aromatic nitrogens is 1. The zero-order valence-corrected chi connectivity index (χ0v) is 20.0. The Labute approximate surface area is 208 Å². The third-order valence-electron chi connectivity index (χ3n) is 5.60. The summed E-state index contributed by atoms with van der Waals surface area (Å²) in [4.78, 5) is 13.6. The van der Waals surface area contributed by atoms with Crippen LogP contribution >= 0.6 is 11.6 Å². The molecule has 0 aliphatic heterocycles. The van der Waals surface area contributed by atoms with Crippen LogP contribution < -0.4 is 4.74 Å².